The van der Waals surface area contributed by atoms with Crippen LogP contribution < -0.4 is 4.74 Å². The van der Waals surface area contributed by atoms with E-state index in [9.17, 15) is 9.90 Å². The highest BCUT2D eigenvalue weighted by atomic mass is 16.5. The second-order valence-corrected chi connectivity index (χ2v) is 10.3. The highest BCUT2D eigenvalue weighted by Gasteiger charge is 2.54. The molecule has 1 aromatic rings. The number of hydrogen-bond acceptors (Lipinski definition) is 4. The first-order chi connectivity index (χ1) is 16.1. The number of allylic oxidation sites excluding steroid dienone is 5. The molecule has 4 heteroatoms. The molecule has 1 N–H and O–H groups in total. The van der Waals surface area contributed by atoms with Crippen LogP contribution in [0, 0.1) is 17.3 Å². The highest BCUT2D eigenvalue weighted by Crippen LogP contribution is 2.65. The average Bonchev–Trinajstić information content (AvgIpc) is 3.28. The monoisotopic (exact) mass is 448 g/mol. The molecule has 4 nitrogen and oxygen atoms in total. The summed E-state index contributed by atoms with van der Waals surface area (Å²) in [5.41, 5.74) is 6.04. The highest BCUT2D eigenvalue weighted by molar-refractivity contribution is 5.93. The minimum atomic E-state index is -0.0416. The molecule has 2 fully saturated rings. The van der Waals surface area contributed by atoms with Crippen molar-refractivity contribution >= 4 is 5.78 Å². The van der Waals surface area contributed by atoms with Crippen LogP contribution in [0.15, 0.2) is 58.9 Å². The summed E-state index contributed by atoms with van der Waals surface area (Å²) in [7, 11) is 3.36. The van der Waals surface area contributed by atoms with Gasteiger partial charge in [0.15, 0.2) is 5.78 Å². The van der Waals surface area contributed by atoms with Gasteiger partial charge in [-0.1, -0.05) is 24.1 Å². The van der Waals surface area contributed by atoms with Crippen molar-refractivity contribution in [2.45, 2.75) is 63.7 Å². The van der Waals surface area contributed by atoms with Crippen molar-refractivity contribution in [3.63, 3.8) is 0 Å². The molecular formula is C29H36O4. The van der Waals surface area contributed by atoms with E-state index in [4.69, 9.17) is 9.47 Å². The fraction of sp³-hybridized carbons (Fsp3) is 0.552. The van der Waals surface area contributed by atoms with E-state index in [1.165, 1.54) is 36.0 Å². The number of carbonyl (C=O) groups is 1. The maximum Gasteiger partial charge on any atom is 0.156 e. The van der Waals surface area contributed by atoms with E-state index >= 15 is 0 Å². The van der Waals surface area contributed by atoms with Gasteiger partial charge in [-0.2, -0.15) is 0 Å². The molecule has 0 amide bonds. The zero-order valence-electron chi connectivity index (χ0n) is 19.9. The Bertz CT molecular complexity index is 993. The second kappa shape index (κ2) is 9.13. The van der Waals surface area contributed by atoms with E-state index in [0.717, 1.165) is 37.9 Å². The lowest BCUT2D eigenvalue weighted by molar-refractivity contribution is -0.114. The summed E-state index contributed by atoms with van der Waals surface area (Å²) in [5, 5.41) is 9.66. The molecule has 4 atom stereocenters. The van der Waals surface area contributed by atoms with Gasteiger partial charge in [-0.15, -0.1) is 0 Å². The summed E-state index contributed by atoms with van der Waals surface area (Å²) in [6.45, 7) is -0.0416. The van der Waals surface area contributed by atoms with Crippen LogP contribution in [0.3, 0.4) is 0 Å². The second-order valence-electron chi connectivity index (χ2n) is 10.3. The van der Waals surface area contributed by atoms with E-state index in [1.54, 1.807) is 19.8 Å². The van der Waals surface area contributed by atoms with E-state index in [1.807, 2.05) is 6.08 Å². The maximum atomic E-state index is 12.2. The van der Waals surface area contributed by atoms with Gasteiger partial charge in [-0.3, -0.25) is 4.79 Å². The average molecular weight is 449 g/mol. The zero-order valence-corrected chi connectivity index (χ0v) is 19.9. The third-order valence-electron chi connectivity index (χ3n) is 8.94. The molecule has 5 rings (SSSR count). The van der Waals surface area contributed by atoms with Crippen LogP contribution in [0.1, 0.15) is 69.3 Å². The number of aliphatic hydroxyl groups is 1. The van der Waals surface area contributed by atoms with Gasteiger partial charge in [-0.05, 0) is 103 Å². The van der Waals surface area contributed by atoms with Crippen molar-refractivity contribution in [2.75, 3.05) is 20.8 Å². The van der Waals surface area contributed by atoms with Crippen LogP contribution in [-0.2, 0) is 9.53 Å². The Kier molecular flexibility index (Phi) is 6.22. The first-order valence-electron chi connectivity index (χ1n) is 12.5. The molecule has 1 unspecified atom stereocenters. The normalized spacial score (nSPS) is 31.5. The van der Waals surface area contributed by atoms with E-state index in [2.05, 4.69) is 30.3 Å². The van der Waals surface area contributed by atoms with Crippen LogP contribution in [-0.4, -0.2) is 31.7 Å². The maximum absolute atomic E-state index is 12.2. The molecule has 0 heterocycles. The summed E-state index contributed by atoms with van der Waals surface area (Å²) in [6.07, 6.45) is 13.7. The smallest absolute Gasteiger partial charge is 0.156 e. The number of ketones is 1. The van der Waals surface area contributed by atoms with Crippen LogP contribution in [0.5, 0.6) is 5.75 Å². The molecule has 0 aliphatic heterocycles. The van der Waals surface area contributed by atoms with Gasteiger partial charge in [0.25, 0.3) is 0 Å². The largest absolute Gasteiger partial charge is 0.499 e. The third kappa shape index (κ3) is 3.97. The standard InChI is InChI=1S/C29H36O4/c1-32-22-9-5-19(6-10-22)26-17-29(15-13-23(18-30)33-2)14-3-4-27(29)25-11-7-20-16-21(31)8-12-24(20)28(25)26/h5-6,9-10,13,16,25-27,30H,3-4,7-8,11-12,14-15,17-18H2,1-2H3/t25-,26+,27-,29?/m0/s1. The molecule has 4 aliphatic rings. The molecule has 0 aromatic heterocycles. The van der Waals surface area contributed by atoms with Crippen molar-refractivity contribution in [3.8, 4) is 5.75 Å². The van der Waals surface area contributed by atoms with Gasteiger partial charge in [-0.25, -0.2) is 0 Å². The lowest BCUT2D eigenvalue weighted by atomic mass is 9.52. The summed E-state index contributed by atoms with van der Waals surface area (Å²) >= 11 is 0. The van der Waals surface area contributed by atoms with Crippen molar-refractivity contribution in [1.82, 2.24) is 0 Å². The summed E-state index contributed by atoms with van der Waals surface area (Å²) in [4.78, 5) is 12.2. The van der Waals surface area contributed by atoms with Crippen molar-refractivity contribution in [3.05, 3.63) is 64.5 Å². The molecule has 4 aliphatic carbocycles. The van der Waals surface area contributed by atoms with Crippen LogP contribution in [0.25, 0.3) is 0 Å². The summed E-state index contributed by atoms with van der Waals surface area (Å²) in [6, 6.07) is 8.66. The minimum Gasteiger partial charge on any atom is -0.499 e. The van der Waals surface area contributed by atoms with Gasteiger partial charge >= 0.3 is 0 Å². The van der Waals surface area contributed by atoms with Crippen molar-refractivity contribution in [1.29, 1.82) is 0 Å². The molecule has 2 saturated carbocycles. The van der Waals surface area contributed by atoms with Crippen LogP contribution >= 0.6 is 0 Å². The number of methoxy groups -OCH3 is 2. The fourth-order valence-corrected chi connectivity index (χ4v) is 7.46. The molecule has 0 bridgehead atoms. The van der Waals surface area contributed by atoms with Gasteiger partial charge in [0.05, 0.1) is 14.2 Å². The summed E-state index contributed by atoms with van der Waals surface area (Å²) in [5.74, 6) is 3.49. The first-order valence-corrected chi connectivity index (χ1v) is 12.5. The number of fused-ring (bicyclic) bond motifs is 4. The number of aliphatic hydroxyl groups excluding tert-OH is 1. The van der Waals surface area contributed by atoms with Gasteiger partial charge < -0.3 is 14.6 Å². The van der Waals surface area contributed by atoms with E-state index < -0.39 is 0 Å². The lowest BCUT2D eigenvalue weighted by Crippen LogP contribution is -2.42. The van der Waals surface area contributed by atoms with E-state index in [0.29, 0.717) is 35.7 Å². The number of hydrogen-bond donors (Lipinski definition) is 1. The number of rotatable bonds is 6. The Hall–Kier alpha value is -2.33. The topological polar surface area (TPSA) is 55.8 Å². The molecule has 0 saturated heterocycles. The number of carbonyl (C=O) groups excluding carboxylic acids is 1. The minimum absolute atomic E-state index is 0.0416. The Labute approximate surface area is 197 Å². The molecular weight excluding hydrogens is 412 g/mol. The fourth-order valence-electron chi connectivity index (χ4n) is 7.46. The predicted molar refractivity (Wildman–Crippen MR) is 129 cm³/mol. The molecule has 33 heavy (non-hydrogen) atoms. The quantitative estimate of drug-likeness (QED) is 0.552. The van der Waals surface area contributed by atoms with Crippen molar-refractivity contribution < 1.29 is 19.4 Å². The number of ether oxygens (including phenoxy) is 2. The van der Waals surface area contributed by atoms with Crippen LogP contribution in [0.4, 0.5) is 0 Å². The summed E-state index contributed by atoms with van der Waals surface area (Å²) < 4.78 is 10.8. The van der Waals surface area contributed by atoms with Crippen molar-refractivity contribution in [2.24, 2.45) is 17.3 Å². The van der Waals surface area contributed by atoms with E-state index in [-0.39, 0.29) is 12.0 Å². The molecule has 0 radical (unpaired) electrons. The SMILES string of the molecule is COC(=CCC12CCC[C@H]1[C@@H]1CCC3=CC(=O)CCC3=C1[C@@H](c1ccc(OC)cc1)C2)CO. The molecule has 1 aromatic carbocycles. The Balaban J connectivity index is 1.61. The Morgan fingerprint density at radius 1 is 1.15 bits per heavy atom. The lowest BCUT2D eigenvalue weighted by Gasteiger charge is -2.52. The van der Waals surface area contributed by atoms with Gasteiger partial charge in [0.2, 0.25) is 0 Å². The van der Waals surface area contributed by atoms with Crippen LogP contribution in [0.2, 0.25) is 0 Å². The molecule has 0 spiro atoms. The Morgan fingerprint density at radius 3 is 2.70 bits per heavy atom. The Morgan fingerprint density at radius 2 is 1.97 bits per heavy atom. The van der Waals surface area contributed by atoms with Gasteiger partial charge in [0.1, 0.15) is 18.1 Å². The predicted octanol–water partition coefficient (Wildman–Crippen LogP) is 5.88. The third-order valence-corrected chi connectivity index (χ3v) is 8.94. The number of benzene rings is 1. The first kappa shape index (κ1) is 22.5. The molecule has 176 valence electrons. The zero-order chi connectivity index (χ0) is 23.0. The van der Waals surface area contributed by atoms with Gasteiger partial charge in [0, 0.05) is 12.3 Å².